The van der Waals surface area contributed by atoms with E-state index in [0.717, 1.165) is 13.2 Å². The van der Waals surface area contributed by atoms with Crippen molar-refractivity contribution in [2.24, 2.45) is 0 Å². The zero-order valence-electron chi connectivity index (χ0n) is 14.5. The number of methoxy groups -OCH3 is 1. The number of halogens is 3. The molecule has 0 saturated carbocycles. The minimum atomic E-state index is -5.35. The van der Waals surface area contributed by atoms with Crippen LogP contribution in [0.3, 0.4) is 0 Å². The molecule has 0 heterocycles. The number of hydrogen-bond acceptors (Lipinski definition) is 4. The Morgan fingerprint density at radius 3 is 2.12 bits per heavy atom. The molecule has 0 saturated heterocycles. The molecule has 1 amide bonds. The topological polar surface area (TPSA) is 64.6 Å². The van der Waals surface area contributed by atoms with Crippen molar-refractivity contribution in [3.8, 4) is 0 Å². The predicted molar refractivity (Wildman–Crippen MR) is 81.1 cm³/mol. The first-order valence-corrected chi connectivity index (χ1v) is 6.78. The molecule has 0 aliphatic heterocycles. The summed E-state index contributed by atoms with van der Waals surface area (Å²) in [5.74, 6) is -0.920. The van der Waals surface area contributed by atoms with Crippen molar-refractivity contribution in [3.05, 3.63) is 23.3 Å². The van der Waals surface area contributed by atoms with E-state index in [2.05, 4.69) is 10.1 Å². The van der Waals surface area contributed by atoms with Crippen molar-refractivity contribution in [1.29, 1.82) is 0 Å². The molecule has 0 aliphatic rings. The summed E-state index contributed by atoms with van der Waals surface area (Å²) in [6, 6.07) is 1.48. The Kier molecular flexibility index (Phi) is 8.51. The molecule has 0 aromatic heterocycles. The Balaban J connectivity index is 0.00000529. The third kappa shape index (κ3) is 6.75. The molecule has 0 fully saturated rings. The largest absolute Gasteiger partial charge is 1.00 e. The zero-order chi connectivity index (χ0) is 18.0. The molecule has 128 valence electrons. The van der Waals surface area contributed by atoms with Crippen molar-refractivity contribution >= 4 is 30.2 Å². The van der Waals surface area contributed by atoms with Gasteiger partial charge in [-0.1, -0.05) is 12.1 Å². The predicted octanol–water partition coefficient (Wildman–Crippen LogP) is 0.187. The molecule has 5 nitrogen and oxygen atoms in total. The van der Waals surface area contributed by atoms with Crippen molar-refractivity contribution < 1.29 is 83.4 Å². The fourth-order valence-corrected chi connectivity index (χ4v) is 1.79. The van der Waals surface area contributed by atoms with Gasteiger partial charge in [0.05, 0.1) is 12.7 Å². The van der Waals surface area contributed by atoms with Crippen LogP contribution in [0.4, 0.5) is 23.4 Å². The molecule has 1 rings (SSSR count). The van der Waals surface area contributed by atoms with Crippen LogP contribution < -0.4 is 62.2 Å². The van der Waals surface area contributed by atoms with Gasteiger partial charge in [-0.05, 0) is 33.3 Å². The number of benzene rings is 1. The number of hydrogen-bond donors (Lipinski definition) is 1. The first kappa shape index (κ1) is 23.5. The molecule has 24 heavy (non-hydrogen) atoms. The molecule has 10 heteroatoms. The standard InChI is InChI=1S/C14H18BF3NO4.K/c1-8-10(12(20)22-5)6-9(15(16,17)18)7-11(8)19-13(21)23-14(2,3)4;/h6-7H,1-5H3,(H,19,21);/q-1;+1. The van der Waals surface area contributed by atoms with Crippen LogP contribution in [-0.4, -0.2) is 31.8 Å². The summed E-state index contributed by atoms with van der Waals surface area (Å²) >= 11 is 0. The van der Waals surface area contributed by atoms with E-state index in [1.807, 2.05) is 0 Å². The molecule has 0 radical (unpaired) electrons. The average Bonchev–Trinajstić information content (AvgIpc) is 2.36. The van der Waals surface area contributed by atoms with E-state index in [1.165, 1.54) is 6.92 Å². The molecule has 1 aromatic rings. The number of anilines is 1. The van der Waals surface area contributed by atoms with E-state index in [0.29, 0.717) is 6.07 Å². The molecule has 0 aliphatic carbocycles. The molecule has 0 spiro atoms. The molecule has 0 bridgehead atoms. The van der Waals surface area contributed by atoms with Gasteiger partial charge in [0.25, 0.3) is 0 Å². The summed E-state index contributed by atoms with van der Waals surface area (Å²) < 4.78 is 48.6. The van der Waals surface area contributed by atoms with Crippen molar-refractivity contribution in [2.75, 3.05) is 12.4 Å². The van der Waals surface area contributed by atoms with Gasteiger partial charge in [-0.2, -0.15) is 0 Å². The normalized spacial score (nSPS) is 11.3. The van der Waals surface area contributed by atoms with Gasteiger partial charge in [0.2, 0.25) is 0 Å². The van der Waals surface area contributed by atoms with Gasteiger partial charge in [0.15, 0.2) is 0 Å². The number of rotatable bonds is 3. The Hall–Kier alpha value is -0.549. The fourth-order valence-electron chi connectivity index (χ4n) is 1.79. The summed E-state index contributed by atoms with van der Waals surface area (Å²) in [5.41, 5.74) is -2.09. The van der Waals surface area contributed by atoms with Crippen LogP contribution in [0.5, 0.6) is 0 Å². The van der Waals surface area contributed by atoms with Gasteiger partial charge in [0.1, 0.15) is 5.60 Å². The Labute approximate surface area is 181 Å². The molecular formula is C14H18BF3KNO4. The number of ether oxygens (including phenoxy) is 2. The number of carbonyl (C=O) groups excluding carboxylic acids is 2. The van der Waals surface area contributed by atoms with E-state index < -0.39 is 30.1 Å². The minimum absolute atomic E-state index is 0. The summed E-state index contributed by atoms with van der Waals surface area (Å²) in [6.45, 7) is 0.915. The number of amides is 1. The molecular weight excluding hydrogens is 353 g/mol. The van der Waals surface area contributed by atoms with E-state index in [9.17, 15) is 22.5 Å². The third-order valence-corrected chi connectivity index (χ3v) is 2.85. The minimum Gasteiger partial charge on any atom is -0.465 e. The molecule has 0 atom stereocenters. The van der Waals surface area contributed by atoms with E-state index in [4.69, 9.17) is 4.74 Å². The first-order valence-electron chi connectivity index (χ1n) is 6.78. The Bertz CT molecular complexity index is 630. The monoisotopic (exact) mass is 371 g/mol. The van der Waals surface area contributed by atoms with Crippen LogP contribution in [0, 0.1) is 6.92 Å². The van der Waals surface area contributed by atoms with Gasteiger partial charge in [-0.15, -0.1) is 5.46 Å². The first-order chi connectivity index (χ1) is 10.3. The molecule has 1 N–H and O–H groups in total. The maximum atomic E-state index is 13.0. The Morgan fingerprint density at radius 2 is 1.71 bits per heavy atom. The summed E-state index contributed by atoms with van der Waals surface area (Å²) in [5, 5.41) is 2.24. The quantitative estimate of drug-likeness (QED) is 0.609. The maximum absolute atomic E-state index is 13.0. The second kappa shape index (κ2) is 8.70. The second-order valence-electron chi connectivity index (χ2n) is 5.93. The third-order valence-electron chi connectivity index (χ3n) is 2.85. The van der Waals surface area contributed by atoms with Crippen LogP contribution in [0.1, 0.15) is 36.7 Å². The van der Waals surface area contributed by atoms with Gasteiger partial charge < -0.3 is 22.4 Å². The van der Waals surface area contributed by atoms with Crippen molar-refractivity contribution in [1.82, 2.24) is 0 Å². The average molecular weight is 371 g/mol. The summed E-state index contributed by atoms with van der Waals surface area (Å²) in [6.07, 6.45) is -0.914. The molecule has 0 unspecified atom stereocenters. The molecule has 1 aromatic carbocycles. The number of carbonyl (C=O) groups is 2. The SMILES string of the molecule is COC(=O)c1cc([B-](F)(F)F)cc(NC(=O)OC(C)(C)C)c1C.[K+]. The van der Waals surface area contributed by atoms with E-state index >= 15 is 0 Å². The van der Waals surface area contributed by atoms with Crippen LogP contribution in [-0.2, 0) is 9.47 Å². The zero-order valence-corrected chi connectivity index (χ0v) is 17.6. The second-order valence-corrected chi connectivity index (χ2v) is 5.93. The van der Waals surface area contributed by atoms with Crippen LogP contribution in [0.25, 0.3) is 0 Å². The Morgan fingerprint density at radius 1 is 1.17 bits per heavy atom. The van der Waals surface area contributed by atoms with E-state index in [1.54, 1.807) is 20.8 Å². The van der Waals surface area contributed by atoms with Crippen LogP contribution >= 0.6 is 0 Å². The summed E-state index contributed by atoms with van der Waals surface area (Å²) in [4.78, 5) is 23.4. The maximum Gasteiger partial charge on any atom is 1.00 e. The number of nitrogens with one attached hydrogen (secondary N) is 1. The van der Waals surface area contributed by atoms with Gasteiger partial charge in [0, 0.05) is 5.69 Å². The summed E-state index contributed by atoms with van der Waals surface area (Å²) in [7, 11) is 1.06. The fraction of sp³-hybridized carbons (Fsp3) is 0.429. The number of esters is 1. The van der Waals surface area contributed by atoms with Crippen LogP contribution in [0.2, 0.25) is 0 Å². The van der Waals surface area contributed by atoms with Gasteiger partial charge in [-0.25, -0.2) is 9.59 Å². The smallest absolute Gasteiger partial charge is 0.465 e. The van der Waals surface area contributed by atoms with Crippen molar-refractivity contribution in [3.63, 3.8) is 0 Å². The van der Waals surface area contributed by atoms with Crippen molar-refractivity contribution in [2.45, 2.75) is 33.3 Å². The van der Waals surface area contributed by atoms with Gasteiger partial charge in [-0.3, -0.25) is 5.32 Å². The van der Waals surface area contributed by atoms with E-state index in [-0.39, 0.29) is 68.2 Å². The van der Waals surface area contributed by atoms with Gasteiger partial charge >= 0.3 is 70.4 Å². The van der Waals surface area contributed by atoms with Crippen LogP contribution in [0.15, 0.2) is 12.1 Å².